The van der Waals surface area contributed by atoms with Crippen LogP contribution in [0.15, 0.2) is 42.5 Å². The minimum Gasteiger partial charge on any atom is -0.395 e. The maximum atomic E-state index is 14.4. The first-order valence-corrected chi connectivity index (χ1v) is 12.3. The maximum Gasteiger partial charge on any atom is 0.302 e. The van der Waals surface area contributed by atoms with Crippen LogP contribution in [0.3, 0.4) is 0 Å². The van der Waals surface area contributed by atoms with Crippen LogP contribution in [0.1, 0.15) is 46.8 Å². The smallest absolute Gasteiger partial charge is 0.302 e. The number of aryl methyl sites for hydroxylation is 3. The molecule has 0 bridgehead atoms. The summed E-state index contributed by atoms with van der Waals surface area (Å²) in [5, 5.41) is 19.3. The van der Waals surface area contributed by atoms with E-state index in [1.54, 1.807) is 35.2 Å². The van der Waals surface area contributed by atoms with E-state index < -0.39 is 19.1 Å². The molecule has 0 radical (unpaired) electrons. The van der Waals surface area contributed by atoms with E-state index in [2.05, 4.69) is 0 Å². The van der Waals surface area contributed by atoms with Gasteiger partial charge in [-0.3, -0.25) is 14.3 Å². The summed E-state index contributed by atoms with van der Waals surface area (Å²) in [6.45, 7) is 7.84. The van der Waals surface area contributed by atoms with Crippen LogP contribution in [0, 0.1) is 20.8 Å². The third kappa shape index (κ3) is 6.12. The Labute approximate surface area is 185 Å². The fraction of sp³-hybridized carbons (Fsp3) is 0.458. The Morgan fingerprint density at radius 2 is 1.58 bits per heavy atom. The summed E-state index contributed by atoms with van der Waals surface area (Å²) in [6, 6.07) is 12.4. The molecule has 0 spiro atoms. The molecule has 2 rings (SSSR count). The average molecular weight is 448 g/mol. The summed E-state index contributed by atoms with van der Waals surface area (Å²) in [5.74, 6) is 0. The molecular formula is C24H34NO5P. The summed E-state index contributed by atoms with van der Waals surface area (Å²) >= 11 is 0. The molecule has 0 saturated heterocycles. The highest BCUT2D eigenvalue weighted by Crippen LogP contribution is 2.52. The van der Waals surface area contributed by atoms with E-state index in [0.29, 0.717) is 17.3 Å². The van der Waals surface area contributed by atoms with E-state index >= 15 is 0 Å². The number of aliphatic hydroxyl groups excluding tert-OH is 2. The van der Waals surface area contributed by atoms with E-state index in [-0.39, 0.29) is 26.3 Å². The number of rotatable bonds is 12. The Morgan fingerprint density at radius 1 is 1.03 bits per heavy atom. The standard InChI is InChI=1S/C24H34NO5P/c1-5-9-22(25(12-14-26)13-15-27)30-31(29,21-10-7-6-8-11-21)24(28)23-19(3)16-18(2)17-20(23)4/h6-8,10-11,16-17,22,26-27H,5,9,12-15H2,1-4H3. The van der Waals surface area contributed by atoms with Crippen molar-refractivity contribution in [2.75, 3.05) is 26.3 Å². The van der Waals surface area contributed by atoms with Crippen molar-refractivity contribution in [1.82, 2.24) is 4.90 Å². The molecule has 2 aromatic carbocycles. The molecule has 2 aromatic rings. The van der Waals surface area contributed by atoms with Crippen LogP contribution in [0.2, 0.25) is 0 Å². The zero-order chi connectivity index (χ0) is 23.0. The Balaban J connectivity index is 2.59. The van der Waals surface area contributed by atoms with Crippen LogP contribution in [-0.4, -0.2) is 53.2 Å². The van der Waals surface area contributed by atoms with Crippen molar-refractivity contribution < 1.29 is 24.1 Å². The van der Waals surface area contributed by atoms with Gasteiger partial charge in [-0.1, -0.05) is 49.2 Å². The zero-order valence-electron chi connectivity index (χ0n) is 18.9. The third-order valence-electron chi connectivity index (χ3n) is 5.24. The summed E-state index contributed by atoms with van der Waals surface area (Å²) < 4.78 is 20.6. The first kappa shape index (κ1) is 25.4. The zero-order valence-corrected chi connectivity index (χ0v) is 19.8. The Bertz CT molecular complexity index is 886. The van der Waals surface area contributed by atoms with Gasteiger partial charge in [-0.15, -0.1) is 0 Å². The number of hydrogen-bond donors (Lipinski definition) is 2. The van der Waals surface area contributed by atoms with Gasteiger partial charge >= 0.3 is 7.37 Å². The van der Waals surface area contributed by atoms with Crippen LogP contribution in [0.25, 0.3) is 0 Å². The van der Waals surface area contributed by atoms with Crippen molar-refractivity contribution in [2.24, 2.45) is 0 Å². The van der Waals surface area contributed by atoms with Crippen molar-refractivity contribution in [1.29, 1.82) is 0 Å². The second kappa shape index (κ2) is 11.7. The Kier molecular flexibility index (Phi) is 9.60. The van der Waals surface area contributed by atoms with Gasteiger partial charge in [0.2, 0.25) is 0 Å². The van der Waals surface area contributed by atoms with Gasteiger partial charge in [0.05, 0.1) is 13.2 Å². The number of nitrogens with zero attached hydrogens (tertiary/aromatic N) is 1. The van der Waals surface area contributed by atoms with Crippen LogP contribution in [-0.2, 0) is 9.09 Å². The lowest BCUT2D eigenvalue weighted by molar-refractivity contribution is 0.00189. The molecule has 0 fully saturated rings. The second-order valence-electron chi connectivity index (χ2n) is 7.80. The number of carbonyl (C=O) groups excluding carboxylic acids is 1. The summed E-state index contributed by atoms with van der Waals surface area (Å²) in [5.41, 5.74) is 2.45. The van der Waals surface area contributed by atoms with Crippen LogP contribution in [0.4, 0.5) is 0 Å². The molecule has 0 aliphatic heterocycles. The van der Waals surface area contributed by atoms with Crippen molar-refractivity contribution in [3.63, 3.8) is 0 Å². The van der Waals surface area contributed by atoms with Gasteiger partial charge in [-0.25, -0.2) is 0 Å². The predicted octanol–water partition coefficient (Wildman–Crippen LogP) is 3.79. The van der Waals surface area contributed by atoms with Crippen molar-refractivity contribution in [3.8, 4) is 0 Å². The van der Waals surface area contributed by atoms with Crippen molar-refractivity contribution in [3.05, 3.63) is 64.7 Å². The minimum absolute atomic E-state index is 0.136. The molecule has 0 saturated carbocycles. The van der Waals surface area contributed by atoms with E-state index in [0.717, 1.165) is 23.1 Å². The van der Waals surface area contributed by atoms with Crippen molar-refractivity contribution >= 4 is 18.2 Å². The number of aliphatic hydroxyl groups is 2. The molecule has 2 atom stereocenters. The molecule has 2 N–H and O–H groups in total. The quantitative estimate of drug-likeness (QED) is 0.380. The molecule has 170 valence electrons. The van der Waals surface area contributed by atoms with Crippen molar-refractivity contribution in [2.45, 2.75) is 46.8 Å². The predicted molar refractivity (Wildman–Crippen MR) is 124 cm³/mol. The summed E-state index contributed by atoms with van der Waals surface area (Å²) in [7, 11) is -3.98. The van der Waals surface area contributed by atoms with Crippen LogP contribution >= 0.6 is 7.37 Å². The van der Waals surface area contributed by atoms with E-state index in [1.165, 1.54) is 0 Å². The Hall–Kier alpha value is -1.82. The summed E-state index contributed by atoms with van der Waals surface area (Å²) in [6.07, 6.45) is 0.560. The highest BCUT2D eigenvalue weighted by Gasteiger charge is 2.41. The van der Waals surface area contributed by atoms with Gasteiger partial charge in [0, 0.05) is 24.0 Å². The fourth-order valence-electron chi connectivity index (χ4n) is 3.89. The lowest BCUT2D eigenvalue weighted by Gasteiger charge is -2.33. The van der Waals surface area contributed by atoms with Crippen LogP contribution in [0.5, 0.6) is 0 Å². The minimum atomic E-state index is -3.98. The van der Waals surface area contributed by atoms with E-state index in [1.807, 2.05) is 39.8 Å². The van der Waals surface area contributed by atoms with Gasteiger partial charge in [-0.2, -0.15) is 0 Å². The molecule has 0 aromatic heterocycles. The average Bonchev–Trinajstić information content (AvgIpc) is 2.73. The van der Waals surface area contributed by atoms with Crippen LogP contribution < -0.4 is 5.30 Å². The molecule has 2 unspecified atom stereocenters. The topological polar surface area (TPSA) is 87.1 Å². The van der Waals surface area contributed by atoms with Gasteiger partial charge in [0.25, 0.3) is 5.52 Å². The molecule has 6 nitrogen and oxygen atoms in total. The molecule has 0 aliphatic carbocycles. The van der Waals surface area contributed by atoms with E-state index in [4.69, 9.17) is 4.52 Å². The number of carbonyl (C=O) groups is 1. The molecule has 7 heteroatoms. The maximum absolute atomic E-state index is 14.4. The second-order valence-corrected chi connectivity index (χ2v) is 10.0. The van der Waals surface area contributed by atoms with Gasteiger partial charge < -0.3 is 14.7 Å². The number of hydrogen-bond acceptors (Lipinski definition) is 6. The normalized spacial score (nSPS) is 14.4. The molecule has 31 heavy (non-hydrogen) atoms. The molecular weight excluding hydrogens is 413 g/mol. The fourth-order valence-corrected chi connectivity index (χ4v) is 6.14. The first-order chi connectivity index (χ1) is 14.8. The molecule has 0 amide bonds. The highest BCUT2D eigenvalue weighted by atomic mass is 31.2. The highest BCUT2D eigenvalue weighted by molar-refractivity contribution is 7.83. The molecule has 0 aliphatic rings. The lowest BCUT2D eigenvalue weighted by atomic mass is 10.0. The Morgan fingerprint density at radius 3 is 2.06 bits per heavy atom. The molecule has 0 heterocycles. The summed E-state index contributed by atoms with van der Waals surface area (Å²) in [4.78, 5) is 15.5. The third-order valence-corrected chi connectivity index (χ3v) is 7.52. The largest absolute Gasteiger partial charge is 0.395 e. The lowest BCUT2D eigenvalue weighted by Crippen LogP contribution is -2.41. The van der Waals surface area contributed by atoms with Gasteiger partial charge in [0.15, 0.2) is 0 Å². The van der Waals surface area contributed by atoms with Gasteiger partial charge in [0.1, 0.15) is 6.23 Å². The van der Waals surface area contributed by atoms with Gasteiger partial charge in [-0.05, 0) is 50.5 Å². The van der Waals surface area contributed by atoms with E-state index in [9.17, 15) is 19.6 Å². The monoisotopic (exact) mass is 447 g/mol. The number of benzene rings is 2. The first-order valence-electron chi connectivity index (χ1n) is 10.7. The SMILES string of the molecule is CCCC(OP(=O)(C(=O)c1c(C)cc(C)cc1C)c1ccccc1)N(CCO)CCO.